The number of benzene rings is 1. The van der Waals surface area contributed by atoms with Crippen LogP contribution >= 0.6 is 15.9 Å². The fourth-order valence-electron chi connectivity index (χ4n) is 1.60. The predicted molar refractivity (Wildman–Crippen MR) is 62.2 cm³/mol. The van der Waals surface area contributed by atoms with Crippen molar-refractivity contribution in [3.63, 3.8) is 0 Å². The summed E-state index contributed by atoms with van der Waals surface area (Å²) in [6.45, 7) is 4.18. The molecule has 15 heavy (non-hydrogen) atoms. The van der Waals surface area contributed by atoms with Crippen molar-refractivity contribution in [3.05, 3.63) is 35.4 Å². The highest BCUT2D eigenvalue weighted by Gasteiger charge is 2.14. The van der Waals surface area contributed by atoms with Crippen LogP contribution in [0.2, 0.25) is 0 Å². The summed E-state index contributed by atoms with van der Waals surface area (Å²) in [4.78, 5) is 0.385. The molecule has 0 heterocycles. The van der Waals surface area contributed by atoms with Gasteiger partial charge in [-0.3, -0.25) is 0 Å². The SMILES string of the molecule is CCC(Cc1ccc(F)c(F)c1)C(C)Br. The van der Waals surface area contributed by atoms with Crippen LogP contribution in [0.5, 0.6) is 0 Å². The molecule has 0 saturated carbocycles. The minimum Gasteiger partial charge on any atom is -0.204 e. The zero-order valence-electron chi connectivity index (χ0n) is 8.93. The molecule has 0 spiro atoms. The van der Waals surface area contributed by atoms with Crippen LogP contribution in [0.1, 0.15) is 25.8 Å². The van der Waals surface area contributed by atoms with Gasteiger partial charge in [-0.15, -0.1) is 0 Å². The Kier molecular flexibility index (Phi) is 4.71. The van der Waals surface area contributed by atoms with Gasteiger partial charge in [0.25, 0.3) is 0 Å². The Hall–Kier alpha value is -0.440. The third kappa shape index (κ3) is 3.56. The zero-order valence-corrected chi connectivity index (χ0v) is 10.5. The predicted octanol–water partition coefficient (Wildman–Crippen LogP) is 4.32. The van der Waals surface area contributed by atoms with E-state index < -0.39 is 11.6 Å². The average molecular weight is 277 g/mol. The van der Waals surface area contributed by atoms with E-state index in [1.165, 1.54) is 12.1 Å². The fraction of sp³-hybridized carbons (Fsp3) is 0.500. The zero-order chi connectivity index (χ0) is 11.4. The quantitative estimate of drug-likeness (QED) is 0.719. The summed E-state index contributed by atoms with van der Waals surface area (Å²) < 4.78 is 25.6. The Morgan fingerprint density at radius 3 is 2.40 bits per heavy atom. The summed E-state index contributed by atoms with van der Waals surface area (Å²) >= 11 is 3.52. The first kappa shape index (κ1) is 12.6. The Balaban J connectivity index is 2.75. The topological polar surface area (TPSA) is 0 Å². The lowest BCUT2D eigenvalue weighted by atomic mass is 9.94. The van der Waals surface area contributed by atoms with Crippen LogP contribution in [-0.2, 0) is 6.42 Å². The van der Waals surface area contributed by atoms with E-state index in [1.807, 2.05) is 0 Å². The molecule has 3 heteroatoms. The Bertz CT molecular complexity index is 323. The molecule has 0 N–H and O–H groups in total. The average Bonchev–Trinajstić information content (AvgIpc) is 2.19. The van der Waals surface area contributed by atoms with Gasteiger partial charge in [0, 0.05) is 4.83 Å². The molecule has 1 rings (SSSR count). The standard InChI is InChI=1S/C12H15BrF2/c1-3-10(8(2)13)6-9-4-5-11(14)12(15)7-9/h4-5,7-8,10H,3,6H2,1-2H3. The van der Waals surface area contributed by atoms with Gasteiger partial charge in [-0.25, -0.2) is 8.78 Å². The minimum absolute atomic E-state index is 0.385. The summed E-state index contributed by atoms with van der Waals surface area (Å²) in [7, 11) is 0. The Morgan fingerprint density at radius 2 is 1.93 bits per heavy atom. The van der Waals surface area contributed by atoms with E-state index in [0.29, 0.717) is 10.7 Å². The largest absolute Gasteiger partial charge is 0.204 e. The minimum atomic E-state index is -0.779. The second kappa shape index (κ2) is 5.59. The molecule has 0 aliphatic heterocycles. The van der Waals surface area contributed by atoms with Crippen molar-refractivity contribution in [1.82, 2.24) is 0 Å². The Morgan fingerprint density at radius 1 is 1.27 bits per heavy atom. The number of alkyl halides is 1. The number of halogens is 3. The molecular weight excluding hydrogens is 262 g/mol. The summed E-state index contributed by atoms with van der Waals surface area (Å²) in [6, 6.07) is 4.13. The van der Waals surface area contributed by atoms with Crippen molar-refractivity contribution in [3.8, 4) is 0 Å². The molecule has 0 aliphatic rings. The van der Waals surface area contributed by atoms with Gasteiger partial charge in [0.05, 0.1) is 0 Å². The van der Waals surface area contributed by atoms with Crippen molar-refractivity contribution in [2.75, 3.05) is 0 Å². The van der Waals surface area contributed by atoms with Gasteiger partial charge in [-0.1, -0.05) is 42.3 Å². The van der Waals surface area contributed by atoms with Crippen LogP contribution in [0.4, 0.5) is 8.78 Å². The lowest BCUT2D eigenvalue weighted by Crippen LogP contribution is -2.13. The first-order chi connectivity index (χ1) is 7.04. The lowest BCUT2D eigenvalue weighted by molar-refractivity contribution is 0.491. The monoisotopic (exact) mass is 276 g/mol. The molecule has 84 valence electrons. The van der Waals surface area contributed by atoms with Crippen LogP contribution in [0.3, 0.4) is 0 Å². The number of hydrogen-bond acceptors (Lipinski definition) is 0. The molecule has 1 aromatic rings. The van der Waals surface area contributed by atoms with E-state index in [9.17, 15) is 8.78 Å². The molecule has 0 aliphatic carbocycles. The molecule has 0 radical (unpaired) electrons. The van der Waals surface area contributed by atoms with Gasteiger partial charge in [0.1, 0.15) is 0 Å². The maximum Gasteiger partial charge on any atom is 0.159 e. The second-order valence-electron chi connectivity index (χ2n) is 3.80. The van der Waals surface area contributed by atoms with E-state index in [1.54, 1.807) is 6.07 Å². The molecule has 2 unspecified atom stereocenters. The highest BCUT2D eigenvalue weighted by molar-refractivity contribution is 9.09. The van der Waals surface area contributed by atoms with Crippen molar-refractivity contribution in [1.29, 1.82) is 0 Å². The van der Waals surface area contributed by atoms with Crippen LogP contribution < -0.4 is 0 Å². The normalized spacial score (nSPS) is 15.0. The number of rotatable bonds is 4. The van der Waals surface area contributed by atoms with E-state index in [-0.39, 0.29) is 0 Å². The summed E-state index contributed by atoms with van der Waals surface area (Å²) in [6.07, 6.45) is 1.80. The maximum absolute atomic E-state index is 12.9. The van der Waals surface area contributed by atoms with E-state index in [2.05, 4.69) is 29.8 Å². The Labute approximate surface area is 97.8 Å². The molecular formula is C12H15BrF2. The van der Waals surface area contributed by atoms with Gasteiger partial charge < -0.3 is 0 Å². The summed E-state index contributed by atoms with van der Waals surface area (Å²) in [5.41, 5.74) is 0.854. The summed E-state index contributed by atoms with van der Waals surface area (Å²) in [5, 5.41) is 0. The lowest BCUT2D eigenvalue weighted by Gasteiger charge is -2.17. The maximum atomic E-state index is 12.9. The van der Waals surface area contributed by atoms with Crippen molar-refractivity contribution in [2.45, 2.75) is 31.5 Å². The third-order valence-corrected chi connectivity index (χ3v) is 3.40. The molecule has 0 aromatic heterocycles. The van der Waals surface area contributed by atoms with Crippen molar-refractivity contribution < 1.29 is 8.78 Å². The van der Waals surface area contributed by atoms with Crippen LogP contribution in [0.25, 0.3) is 0 Å². The molecule has 0 nitrogen and oxygen atoms in total. The second-order valence-corrected chi connectivity index (χ2v) is 5.24. The van der Waals surface area contributed by atoms with E-state index in [0.717, 1.165) is 18.4 Å². The fourth-order valence-corrected chi connectivity index (χ4v) is 2.16. The van der Waals surface area contributed by atoms with E-state index >= 15 is 0 Å². The molecule has 0 amide bonds. The molecule has 0 fully saturated rings. The molecule has 1 aromatic carbocycles. The van der Waals surface area contributed by atoms with Gasteiger partial charge in [-0.2, -0.15) is 0 Å². The summed E-state index contributed by atoms with van der Waals surface area (Å²) in [5.74, 6) is -1.09. The van der Waals surface area contributed by atoms with Crippen molar-refractivity contribution in [2.24, 2.45) is 5.92 Å². The number of hydrogen-bond donors (Lipinski definition) is 0. The molecule has 0 bridgehead atoms. The van der Waals surface area contributed by atoms with Crippen LogP contribution in [-0.4, -0.2) is 4.83 Å². The third-order valence-electron chi connectivity index (χ3n) is 2.66. The first-order valence-corrected chi connectivity index (χ1v) is 6.04. The van der Waals surface area contributed by atoms with E-state index in [4.69, 9.17) is 0 Å². The van der Waals surface area contributed by atoms with Gasteiger partial charge in [0.2, 0.25) is 0 Å². The smallest absolute Gasteiger partial charge is 0.159 e. The van der Waals surface area contributed by atoms with Crippen molar-refractivity contribution >= 4 is 15.9 Å². The van der Waals surface area contributed by atoms with Gasteiger partial charge in [0.15, 0.2) is 11.6 Å². The van der Waals surface area contributed by atoms with Gasteiger partial charge in [-0.05, 0) is 30.0 Å². The van der Waals surface area contributed by atoms with Crippen LogP contribution in [0, 0.1) is 17.6 Å². The molecule has 2 atom stereocenters. The van der Waals surface area contributed by atoms with Gasteiger partial charge >= 0.3 is 0 Å². The molecule has 0 saturated heterocycles. The first-order valence-electron chi connectivity index (χ1n) is 5.12. The van der Waals surface area contributed by atoms with Crippen LogP contribution in [0.15, 0.2) is 18.2 Å². The highest BCUT2D eigenvalue weighted by Crippen LogP contribution is 2.22. The highest BCUT2D eigenvalue weighted by atomic mass is 79.9.